The molecular formula is C27H48OPb. The molecule has 0 heterocycles. The number of hydrogen-bond acceptors (Lipinski definition) is 1. The van der Waals surface area contributed by atoms with Gasteiger partial charge in [-0.2, -0.15) is 0 Å². The molecule has 2 heteroatoms. The molecule has 0 aliphatic heterocycles. The van der Waals surface area contributed by atoms with E-state index in [2.05, 4.69) is 40.7 Å². The van der Waals surface area contributed by atoms with Crippen LogP contribution in [0.4, 0.5) is 0 Å². The van der Waals surface area contributed by atoms with E-state index in [9.17, 15) is 5.11 Å². The van der Waals surface area contributed by atoms with Gasteiger partial charge in [-0.1, -0.05) is 65.5 Å². The molecule has 1 nitrogen and oxygen atoms in total. The number of fused-ring (bicyclic) bond motifs is 5. The summed E-state index contributed by atoms with van der Waals surface area (Å²) in [6.45, 7) is 12.6. The molecule has 166 valence electrons. The first kappa shape index (κ1) is 24.3. The number of allylic oxidation sites excluding steroid dienone is 1. The Morgan fingerprint density at radius 3 is 2.48 bits per heavy atom. The van der Waals surface area contributed by atoms with E-state index >= 15 is 0 Å². The molecule has 3 saturated carbocycles. The summed E-state index contributed by atoms with van der Waals surface area (Å²) in [5.74, 6) is 5.46. The molecule has 2 radical (unpaired) electrons. The second-order valence-electron chi connectivity index (χ2n) is 12.2. The first-order chi connectivity index (χ1) is 13.3. The maximum absolute atomic E-state index is 10.2. The summed E-state index contributed by atoms with van der Waals surface area (Å²) in [5, 5.41) is 10.2. The van der Waals surface area contributed by atoms with Crippen molar-refractivity contribution in [3.8, 4) is 0 Å². The molecule has 4 aliphatic rings. The van der Waals surface area contributed by atoms with Crippen LogP contribution in [0.15, 0.2) is 11.6 Å². The fourth-order valence-electron chi connectivity index (χ4n) is 8.67. The molecule has 0 aromatic carbocycles. The van der Waals surface area contributed by atoms with Gasteiger partial charge in [-0.15, -0.1) is 0 Å². The molecule has 0 bridgehead atoms. The summed E-state index contributed by atoms with van der Waals surface area (Å²) in [5.41, 5.74) is 2.60. The zero-order chi connectivity index (χ0) is 20.1. The quantitative estimate of drug-likeness (QED) is 0.285. The maximum atomic E-state index is 10.2. The van der Waals surface area contributed by atoms with E-state index in [-0.39, 0.29) is 33.4 Å². The van der Waals surface area contributed by atoms with Gasteiger partial charge in [0.05, 0.1) is 6.10 Å². The van der Waals surface area contributed by atoms with Crippen LogP contribution in [0.25, 0.3) is 0 Å². The summed E-state index contributed by atoms with van der Waals surface area (Å²) < 4.78 is 0. The fraction of sp³-hybridized carbons (Fsp3) is 0.926. The van der Waals surface area contributed by atoms with Gasteiger partial charge in [0.25, 0.3) is 0 Å². The zero-order valence-corrected chi connectivity index (χ0v) is 25.5. The van der Waals surface area contributed by atoms with Crippen LogP contribution < -0.4 is 0 Å². The fourth-order valence-corrected chi connectivity index (χ4v) is 8.67. The van der Waals surface area contributed by atoms with E-state index in [1.54, 1.807) is 5.57 Å². The standard InChI is InChI=1S/C27H46O.Pb.2H/c1-18(2)7-6-8-19(3)23-11-12-24-22-10-9-20-17-21(28)13-15-26(20,4)25(22)14-16-27(23,24)5;;;/h9,18-19,21-25,28H,6-8,10-17H2,1-5H3;;;/t19-,21+,22+,23-,24+,25+,26+,27-;;;/m1.../s1. The van der Waals surface area contributed by atoms with Crippen molar-refractivity contribution in [2.45, 2.75) is 111 Å². The van der Waals surface area contributed by atoms with Gasteiger partial charge < -0.3 is 5.11 Å². The minimum absolute atomic E-state index is 0. The molecule has 1 N–H and O–H groups in total. The first-order valence-electron chi connectivity index (χ1n) is 12.6. The van der Waals surface area contributed by atoms with Crippen LogP contribution in [0.1, 0.15) is 105 Å². The zero-order valence-electron chi connectivity index (χ0n) is 20.1. The molecule has 0 unspecified atom stereocenters. The van der Waals surface area contributed by atoms with Crippen molar-refractivity contribution in [2.75, 3.05) is 0 Å². The third-order valence-electron chi connectivity index (χ3n) is 10.3. The van der Waals surface area contributed by atoms with Crippen LogP contribution in [0.5, 0.6) is 0 Å². The van der Waals surface area contributed by atoms with Gasteiger partial charge in [-0.05, 0) is 97.7 Å². The minimum atomic E-state index is -0.0766. The van der Waals surface area contributed by atoms with Crippen molar-refractivity contribution in [3.05, 3.63) is 11.6 Å². The summed E-state index contributed by atoms with van der Waals surface area (Å²) in [7, 11) is 0. The molecule has 3 fully saturated rings. The predicted octanol–water partition coefficient (Wildman–Crippen LogP) is 6.47. The summed E-state index contributed by atoms with van der Waals surface area (Å²) in [4.78, 5) is 0. The molecule has 0 amide bonds. The van der Waals surface area contributed by atoms with Crippen LogP contribution in [-0.4, -0.2) is 38.5 Å². The average Bonchev–Trinajstić information content (AvgIpc) is 2.99. The SMILES string of the molecule is CC(C)CCC[C@@H](C)[C@H]1CC[C@H]2[C@@H]3CC=C4C[C@@H](O)CC[C@]4(C)[C@H]3CC[C@]12C.[PbH2]. The van der Waals surface area contributed by atoms with Gasteiger partial charge in [0, 0.05) is 0 Å². The third kappa shape index (κ3) is 4.31. The third-order valence-corrected chi connectivity index (χ3v) is 10.3. The van der Waals surface area contributed by atoms with Crippen molar-refractivity contribution in [2.24, 2.45) is 46.3 Å². The van der Waals surface area contributed by atoms with E-state index in [1.807, 2.05) is 0 Å². The molecule has 0 aromatic rings. The van der Waals surface area contributed by atoms with Crippen LogP contribution in [0.2, 0.25) is 0 Å². The molecule has 0 saturated heterocycles. The van der Waals surface area contributed by atoms with Crippen molar-refractivity contribution in [1.82, 2.24) is 0 Å². The molecule has 4 rings (SSSR count). The van der Waals surface area contributed by atoms with Gasteiger partial charge >= 0.3 is 27.3 Å². The predicted molar refractivity (Wildman–Crippen MR) is 128 cm³/mol. The Morgan fingerprint density at radius 1 is 1.00 bits per heavy atom. The Morgan fingerprint density at radius 2 is 1.76 bits per heavy atom. The van der Waals surface area contributed by atoms with Crippen molar-refractivity contribution in [3.63, 3.8) is 0 Å². The second kappa shape index (κ2) is 9.24. The molecular weight excluding hydrogens is 547 g/mol. The molecule has 29 heavy (non-hydrogen) atoms. The average molecular weight is 596 g/mol. The number of aliphatic hydroxyl groups is 1. The molecule has 8 atom stereocenters. The summed E-state index contributed by atoms with van der Waals surface area (Å²) >= 11 is 0. The number of rotatable bonds is 5. The first-order valence-corrected chi connectivity index (χ1v) is 12.6. The van der Waals surface area contributed by atoms with E-state index in [0.29, 0.717) is 10.8 Å². The van der Waals surface area contributed by atoms with Gasteiger partial charge in [0.2, 0.25) is 0 Å². The number of aliphatic hydroxyl groups excluding tert-OH is 1. The molecule has 0 aromatic heterocycles. The van der Waals surface area contributed by atoms with Crippen molar-refractivity contribution < 1.29 is 5.11 Å². The van der Waals surface area contributed by atoms with E-state index in [1.165, 1.54) is 57.8 Å². The second-order valence-corrected chi connectivity index (χ2v) is 12.2. The number of hydrogen-bond donors (Lipinski definition) is 1. The van der Waals surface area contributed by atoms with Gasteiger partial charge in [-0.25, -0.2) is 0 Å². The monoisotopic (exact) mass is 596 g/mol. The Balaban J connectivity index is 0.00000240. The van der Waals surface area contributed by atoms with E-state index in [4.69, 9.17) is 0 Å². The van der Waals surface area contributed by atoms with Crippen molar-refractivity contribution in [1.29, 1.82) is 0 Å². The Hall–Kier alpha value is 0.622. The van der Waals surface area contributed by atoms with Crippen LogP contribution in [-0.2, 0) is 0 Å². The Kier molecular flexibility index (Phi) is 7.73. The normalized spacial score (nSPS) is 44.9. The Bertz CT molecular complexity index is 597. The summed E-state index contributed by atoms with van der Waals surface area (Å²) in [6.07, 6.45) is 17.2. The van der Waals surface area contributed by atoms with Gasteiger partial charge in [0.1, 0.15) is 0 Å². The van der Waals surface area contributed by atoms with Crippen LogP contribution in [0, 0.1) is 46.3 Å². The van der Waals surface area contributed by atoms with Crippen LogP contribution in [0.3, 0.4) is 0 Å². The van der Waals surface area contributed by atoms with E-state index in [0.717, 1.165) is 48.3 Å². The van der Waals surface area contributed by atoms with Crippen LogP contribution >= 0.6 is 0 Å². The Labute approximate surface area is 201 Å². The summed E-state index contributed by atoms with van der Waals surface area (Å²) in [6, 6.07) is 0. The molecule has 0 spiro atoms. The van der Waals surface area contributed by atoms with Gasteiger partial charge in [0.15, 0.2) is 0 Å². The van der Waals surface area contributed by atoms with Crippen molar-refractivity contribution >= 4 is 27.3 Å². The molecule has 4 aliphatic carbocycles. The topological polar surface area (TPSA) is 20.2 Å². The van der Waals surface area contributed by atoms with E-state index < -0.39 is 0 Å². The van der Waals surface area contributed by atoms with Gasteiger partial charge in [-0.3, -0.25) is 0 Å².